The standard InChI is InChI=1S/C26H27N5O2/c1-29-15-19(16-29)14-27-25(32)22-5-3-4-18(12-22)17-31-11-9-20-13-21(6-7-23(20)26(31)33)24-8-10-28-30(24)2/h3-13,19H,14-17H2,1-2H3,(H,27,32). The van der Waals surface area contributed by atoms with E-state index in [-0.39, 0.29) is 11.5 Å². The minimum Gasteiger partial charge on any atom is -0.352 e. The van der Waals surface area contributed by atoms with Crippen LogP contribution in [0.25, 0.3) is 22.0 Å². The topological polar surface area (TPSA) is 72.2 Å². The summed E-state index contributed by atoms with van der Waals surface area (Å²) in [5.74, 6) is 0.455. The lowest BCUT2D eigenvalue weighted by Gasteiger charge is -2.36. The third-order valence-corrected chi connectivity index (χ3v) is 6.33. The van der Waals surface area contributed by atoms with E-state index in [1.54, 1.807) is 10.8 Å². The normalized spacial score (nSPS) is 14.4. The zero-order valence-electron chi connectivity index (χ0n) is 18.9. The van der Waals surface area contributed by atoms with Gasteiger partial charge >= 0.3 is 0 Å². The third kappa shape index (κ3) is 4.32. The smallest absolute Gasteiger partial charge is 0.258 e. The maximum Gasteiger partial charge on any atom is 0.258 e. The number of rotatable bonds is 6. The molecular weight excluding hydrogens is 414 g/mol. The average molecular weight is 442 g/mol. The summed E-state index contributed by atoms with van der Waals surface area (Å²) in [6, 6.07) is 17.3. The second-order valence-corrected chi connectivity index (χ2v) is 8.89. The Morgan fingerprint density at radius 2 is 1.94 bits per heavy atom. The van der Waals surface area contributed by atoms with Crippen LogP contribution in [0.2, 0.25) is 0 Å². The van der Waals surface area contributed by atoms with E-state index in [0.29, 0.717) is 30.0 Å². The van der Waals surface area contributed by atoms with Crippen LogP contribution in [0.5, 0.6) is 0 Å². The Kier molecular flexibility index (Phi) is 5.56. The first kappa shape index (κ1) is 21.2. The number of aryl methyl sites for hydroxylation is 1. The van der Waals surface area contributed by atoms with Crippen LogP contribution in [0, 0.1) is 5.92 Å². The maximum absolute atomic E-state index is 13.1. The zero-order chi connectivity index (χ0) is 22.9. The van der Waals surface area contributed by atoms with Gasteiger partial charge in [0, 0.05) is 61.5 Å². The van der Waals surface area contributed by atoms with Crippen molar-refractivity contribution in [3.63, 3.8) is 0 Å². The summed E-state index contributed by atoms with van der Waals surface area (Å²) < 4.78 is 3.50. The van der Waals surface area contributed by atoms with Crippen LogP contribution >= 0.6 is 0 Å². The Bertz CT molecular complexity index is 1380. The summed E-state index contributed by atoms with van der Waals surface area (Å²) in [4.78, 5) is 27.9. The first-order chi connectivity index (χ1) is 16.0. The molecule has 1 N–H and O–H groups in total. The van der Waals surface area contributed by atoms with Gasteiger partial charge in [-0.15, -0.1) is 0 Å². The molecule has 1 aliphatic rings. The predicted molar refractivity (Wildman–Crippen MR) is 129 cm³/mol. The molecule has 0 atom stereocenters. The highest BCUT2D eigenvalue weighted by Crippen LogP contribution is 2.22. The first-order valence-corrected chi connectivity index (χ1v) is 11.2. The summed E-state index contributed by atoms with van der Waals surface area (Å²) in [6.07, 6.45) is 3.58. The number of carbonyl (C=O) groups is 1. The molecule has 1 aliphatic heterocycles. The molecule has 1 saturated heterocycles. The van der Waals surface area contributed by atoms with Gasteiger partial charge in [-0.3, -0.25) is 14.3 Å². The van der Waals surface area contributed by atoms with Gasteiger partial charge in [0.1, 0.15) is 0 Å². The van der Waals surface area contributed by atoms with E-state index in [1.807, 2.05) is 72.5 Å². The van der Waals surface area contributed by atoms with E-state index < -0.39 is 0 Å². The van der Waals surface area contributed by atoms with Crippen molar-refractivity contribution in [1.82, 2.24) is 24.6 Å². The van der Waals surface area contributed by atoms with Gasteiger partial charge in [-0.05, 0) is 54.4 Å². The number of nitrogens with one attached hydrogen (secondary N) is 1. The van der Waals surface area contributed by atoms with Crippen LogP contribution in [0.15, 0.2) is 71.8 Å². The molecule has 0 spiro atoms. The van der Waals surface area contributed by atoms with Gasteiger partial charge in [0.25, 0.3) is 11.5 Å². The molecule has 0 unspecified atom stereocenters. The number of hydrogen-bond acceptors (Lipinski definition) is 4. The van der Waals surface area contributed by atoms with Crippen molar-refractivity contribution < 1.29 is 4.79 Å². The van der Waals surface area contributed by atoms with Crippen molar-refractivity contribution in [2.45, 2.75) is 6.54 Å². The van der Waals surface area contributed by atoms with Crippen LogP contribution in [0.4, 0.5) is 0 Å². The van der Waals surface area contributed by atoms with Gasteiger partial charge in [0.2, 0.25) is 0 Å². The molecule has 33 heavy (non-hydrogen) atoms. The number of likely N-dealkylation sites (tertiary alicyclic amines) is 1. The Morgan fingerprint density at radius 3 is 2.70 bits per heavy atom. The molecule has 0 bridgehead atoms. The summed E-state index contributed by atoms with van der Waals surface area (Å²) in [6.45, 7) is 3.15. The van der Waals surface area contributed by atoms with Crippen LogP contribution in [0.1, 0.15) is 15.9 Å². The molecule has 0 aliphatic carbocycles. The molecule has 3 heterocycles. The van der Waals surface area contributed by atoms with Crippen LogP contribution in [0.3, 0.4) is 0 Å². The van der Waals surface area contributed by atoms with E-state index in [9.17, 15) is 9.59 Å². The molecule has 168 valence electrons. The van der Waals surface area contributed by atoms with Gasteiger partial charge in [-0.25, -0.2) is 0 Å². The number of fused-ring (bicyclic) bond motifs is 1. The van der Waals surface area contributed by atoms with Gasteiger partial charge in [0.05, 0.1) is 12.2 Å². The Labute approximate surface area is 192 Å². The van der Waals surface area contributed by atoms with Gasteiger partial charge in [-0.1, -0.05) is 18.2 Å². The number of amides is 1. The molecule has 0 saturated carbocycles. The van der Waals surface area contributed by atoms with Crippen molar-refractivity contribution >= 4 is 16.7 Å². The summed E-state index contributed by atoms with van der Waals surface area (Å²) in [5, 5.41) is 8.81. The van der Waals surface area contributed by atoms with Crippen LogP contribution in [-0.2, 0) is 13.6 Å². The molecule has 5 rings (SSSR count). The van der Waals surface area contributed by atoms with E-state index in [2.05, 4.69) is 22.4 Å². The van der Waals surface area contributed by atoms with Crippen LogP contribution in [-0.4, -0.2) is 51.8 Å². The van der Waals surface area contributed by atoms with Crippen molar-refractivity contribution in [1.29, 1.82) is 0 Å². The number of carbonyl (C=O) groups excluding carboxylic acids is 1. The van der Waals surface area contributed by atoms with E-state index >= 15 is 0 Å². The van der Waals surface area contributed by atoms with Gasteiger partial charge in [0.15, 0.2) is 0 Å². The number of benzene rings is 2. The van der Waals surface area contributed by atoms with Crippen molar-refractivity contribution in [3.8, 4) is 11.3 Å². The minimum atomic E-state index is -0.0695. The summed E-state index contributed by atoms with van der Waals surface area (Å²) in [7, 11) is 3.98. The fourth-order valence-corrected chi connectivity index (χ4v) is 4.53. The van der Waals surface area contributed by atoms with Crippen molar-refractivity contribution in [2.75, 3.05) is 26.7 Å². The van der Waals surface area contributed by atoms with Gasteiger partial charge in [-0.2, -0.15) is 5.10 Å². The SMILES string of the molecule is CN1CC(CNC(=O)c2cccc(Cn3ccc4cc(-c5ccnn5C)ccc4c3=O)c2)C1. The number of nitrogens with zero attached hydrogens (tertiary/aromatic N) is 4. The number of hydrogen-bond donors (Lipinski definition) is 1. The molecule has 1 fully saturated rings. The third-order valence-electron chi connectivity index (χ3n) is 6.33. The van der Waals surface area contributed by atoms with Gasteiger partial charge < -0.3 is 14.8 Å². The summed E-state index contributed by atoms with van der Waals surface area (Å²) in [5.41, 5.74) is 3.51. The molecular formula is C26H27N5O2. The largest absolute Gasteiger partial charge is 0.352 e. The highest BCUT2D eigenvalue weighted by Gasteiger charge is 2.23. The monoisotopic (exact) mass is 441 g/mol. The Balaban J connectivity index is 1.34. The highest BCUT2D eigenvalue weighted by atomic mass is 16.1. The van der Waals surface area contributed by atoms with Crippen molar-refractivity contribution in [3.05, 3.63) is 88.5 Å². The molecule has 4 aromatic rings. The number of pyridine rings is 1. The maximum atomic E-state index is 13.1. The number of aromatic nitrogens is 3. The van der Waals surface area contributed by atoms with E-state index in [0.717, 1.165) is 35.3 Å². The molecule has 2 aromatic carbocycles. The zero-order valence-corrected chi connectivity index (χ0v) is 18.9. The fourth-order valence-electron chi connectivity index (χ4n) is 4.53. The lowest BCUT2D eigenvalue weighted by molar-refractivity contribution is 0.0898. The first-order valence-electron chi connectivity index (χ1n) is 11.2. The molecule has 2 aromatic heterocycles. The van der Waals surface area contributed by atoms with E-state index in [1.165, 1.54) is 0 Å². The second-order valence-electron chi connectivity index (χ2n) is 8.89. The lowest BCUT2D eigenvalue weighted by atomic mass is 10.0. The highest BCUT2D eigenvalue weighted by molar-refractivity contribution is 5.94. The molecule has 7 heteroatoms. The molecule has 1 amide bonds. The molecule has 7 nitrogen and oxygen atoms in total. The second kappa shape index (κ2) is 8.67. The quantitative estimate of drug-likeness (QED) is 0.500. The average Bonchev–Trinajstić information content (AvgIpc) is 3.23. The lowest BCUT2D eigenvalue weighted by Crippen LogP contribution is -2.49. The minimum absolute atomic E-state index is 0.0481. The van der Waals surface area contributed by atoms with Crippen molar-refractivity contribution in [2.24, 2.45) is 13.0 Å². The molecule has 0 radical (unpaired) electrons. The fraction of sp³-hybridized carbons (Fsp3) is 0.269. The van der Waals surface area contributed by atoms with Crippen LogP contribution < -0.4 is 10.9 Å². The predicted octanol–water partition coefficient (Wildman–Crippen LogP) is 2.74. The summed E-state index contributed by atoms with van der Waals surface area (Å²) >= 11 is 0. The van der Waals surface area contributed by atoms with E-state index in [4.69, 9.17) is 0 Å². The Hall–Kier alpha value is -3.71. The Morgan fingerprint density at radius 1 is 1.09 bits per heavy atom.